The van der Waals surface area contributed by atoms with E-state index in [1.165, 1.54) is 12.0 Å². The number of hydrogen-bond acceptors (Lipinski definition) is 1. The molecule has 0 bridgehead atoms. The standard InChI is InChI=1S/C13H19BrN2S/c1-3-4-9-15-13(17)16(2)10-11-5-7-12(14)8-6-11/h5-8H,3-4,9-10H2,1-2H3,(H,15,17). The first-order chi connectivity index (χ1) is 8.13. The molecule has 1 aromatic carbocycles. The van der Waals surface area contributed by atoms with E-state index in [-0.39, 0.29) is 0 Å². The van der Waals surface area contributed by atoms with E-state index in [1.807, 2.05) is 7.05 Å². The molecule has 4 heteroatoms. The third kappa shape index (κ3) is 5.50. The minimum atomic E-state index is 0.821. The molecule has 1 rings (SSSR count). The monoisotopic (exact) mass is 314 g/mol. The van der Waals surface area contributed by atoms with Gasteiger partial charge in [0, 0.05) is 24.6 Å². The first-order valence-corrected chi connectivity index (χ1v) is 7.07. The molecule has 0 spiro atoms. The average molecular weight is 315 g/mol. The predicted molar refractivity (Wildman–Crippen MR) is 81.1 cm³/mol. The minimum absolute atomic E-state index is 0.821. The van der Waals surface area contributed by atoms with Gasteiger partial charge >= 0.3 is 0 Å². The fourth-order valence-corrected chi connectivity index (χ4v) is 1.87. The second-order valence-corrected chi connectivity index (χ2v) is 5.37. The zero-order chi connectivity index (χ0) is 12.7. The van der Waals surface area contributed by atoms with Crippen molar-refractivity contribution in [3.8, 4) is 0 Å². The van der Waals surface area contributed by atoms with Gasteiger partial charge in [0.1, 0.15) is 0 Å². The van der Waals surface area contributed by atoms with Crippen LogP contribution in [0.1, 0.15) is 25.3 Å². The maximum absolute atomic E-state index is 5.32. The molecular formula is C13H19BrN2S. The Bertz CT molecular complexity index is 351. The lowest BCUT2D eigenvalue weighted by Gasteiger charge is -2.21. The highest BCUT2D eigenvalue weighted by Crippen LogP contribution is 2.11. The number of rotatable bonds is 5. The van der Waals surface area contributed by atoms with Crippen LogP contribution in [0.5, 0.6) is 0 Å². The molecule has 1 aromatic rings. The third-order valence-electron chi connectivity index (χ3n) is 2.49. The van der Waals surface area contributed by atoms with Crippen LogP contribution < -0.4 is 5.32 Å². The van der Waals surface area contributed by atoms with Gasteiger partial charge in [-0.1, -0.05) is 41.4 Å². The molecule has 0 amide bonds. The lowest BCUT2D eigenvalue weighted by Crippen LogP contribution is -2.36. The van der Waals surface area contributed by atoms with Gasteiger partial charge in [0.25, 0.3) is 0 Å². The van der Waals surface area contributed by atoms with E-state index in [0.29, 0.717) is 0 Å². The number of unbranched alkanes of at least 4 members (excludes halogenated alkanes) is 1. The molecule has 17 heavy (non-hydrogen) atoms. The molecule has 0 aliphatic rings. The summed E-state index contributed by atoms with van der Waals surface area (Å²) in [7, 11) is 2.02. The van der Waals surface area contributed by atoms with Gasteiger partial charge in [-0.3, -0.25) is 0 Å². The molecule has 1 N–H and O–H groups in total. The van der Waals surface area contributed by atoms with Crippen LogP contribution in [0.25, 0.3) is 0 Å². The normalized spacial score (nSPS) is 10.1. The van der Waals surface area contributed by atoms with Crippen molar-refractivity contribution in [2.75, 3.05) is 13.6 Å². The Morgan fingerprint density at radius 1 is 1.35 bits per heavy atom. The highest BCUT2D eigenvalue weighted by atomic mass is 79.9. The molecule has 0 unspecified atom stereocenters. The molecule has 0 aromatic heterocycles. The van der Waals surface area contributed by atoms with Crippen molar-refractivity contribution < 1.29 is 0 Å². The Balaban J connectivity index is 2.40. The lowest BCUT2D eigenvalue weighted by atomic mass is 10.2. The topological polar surface area (TPSA) is 15.3 Å². The van der Waals surface area contributed by atoms with Crippen LogP contribution in [0.2, 0.25) is 0 Å². The Kier molecular flexibility index (Phi) is 6.52. The summed E-state index contributed by atoms with van der Waals surface area (Å²) in [5, 5.41) is 4.08. The SMILES string of the molecule is CCCCNC(=S)N(C)Cc1ccc(Br)cc1. The summed E-state index contributed by atoms with van der Waals surface area (Å²) in [6, 6.07) is 8.32. The van der Waals surface area contributed by atoms with Crippen molar-refractivity contribution in [3.63, 3.8) is 0 Å². The van der Waals surface area contributed by atoms with Gasteiger partial charge in [-0.2, -0.15) is 0 Å². The Labute approximate surface area is 118 Å². The third-order valence-corrected chi connectivity index (χ3v) is 3.47. The number of hydrogen-bond donors (Lipinski definition) is 1. The van der Waals surface area contributed by atoms with E-state index in [0.717, 1.165) is 29.1 Å². The van der Waals surface area contributed by atoms with Crippen LogP contribution in [-0.2, 0) is 6.54 Å². The number of nitrogens with zero attached hydrogens (tertiary/aromatic N) is 1. The maximum Gasteiger partial charge on any atom is 0.168 e. The van der Waals surface area contributed by atoms with Gasteiger partial charge in [0.05, 0.1) is 0 Å². The van der Waals surface area contributed by atoms with Crippen LogP contribution in [-0.4, -0.2) is 23.6 Å². The highest BCUT2D eigenvalue weighted by Gasteiger charge is 2.04. The van der Waals surface area contributed by atoms with Crippen LogP contribution in [0.4, 0.5) is 0 Å². The second kappa shape index (κ2) is 7.67. The number of nitrogens with one attached hydrogen (secondary N) is 1. The molecule has 94 valence electrons. The van der Waals surface area contributed by atoms with Crippen molar-refractivity contribution in [2.24, 2.45) is 0 Å². The van der Waals surface area contributed by atoms with Crippen LogP contribution in [0, 0.1) is 0 Å². The van der Waals surface area contributed by atoms with Gasteiger partial charge in [-0.05, 0) is 36.3 Å². The molecular weight excluding hydrogens is 296 g/mol. The Hall–Kier alpha value is -0.610. The van der Waals surface area contributed by atoms with E-state index >= 15 is 0 Å². The Morgan fingerprint density at radius 2 is 2.00 bits per heavy atom. The highest BCUT2D eigenvalue weighted by molar-refractivity contribution is 9.10. The van der Waals surface area contributed by atoms with E-state index < -0.39 is 0 Å². The maximum atomic E-state index is 5.32. The van der Waals surface area contributed by atoms with Gasteiger partial charge in [0.15, 0.2) is 5.11 Å². The van der Waals surface area contributed by atoms with Crippen LogP contribution in [0.3, 0.4) is 0 Å². The largest absolute Gasteiger partial charge is 0.363 e. The van der Waals surface area contributed by atoms with Crippen LogP contribution in [0.15, 0.2) is 28.7 Å². The molecule has 0 saturated carbocycles. The first-order valence-electron chi connectivity index (χ1n) is 5.87. The number of thiocarbonyl (C=S) groups is 1. The van der Waals surface area contributed by atoms with Gasteiger partial charge in [0.2, 0.25) is 0 Å². The summed E-state index contributed by atoms with van der Waals surface area (Å²) in [6.45, 7) is 3.97. The smallest absolute Gasteiger partial charge is 0.168 e. The summed E-state index contributed by atoms with van der Waals surface area (Å²) in [5.74, 6) is 0. The molecule has 0 atom stereocenters. The van der Waals surface area contributed by atoms with Gasteiger partial charge in [-0.15, -0.1) is 0 Å². The minimum Gasteiger partial charge on any atom is -0.363 e. The Morgan fingerprint density at radius 3 is 2.59 bits per heavy atom. The van der Waals surface area contributed by atoms with E-state index in [9.17, 15) is 0 Å². The number of halogens is 1. The molecule has 0 aliphatic heterocycles. The van der Waals surface area contributed by atoms with E-state index in [1.54, 1.807) is 0 Å². The molecule has 2 nitrogen and oxygen atoms in total. The molecule has 0 heterocycles. The summed E-state index contributed by atoms with van der Waals surface area (Å²) >= 11 is 8.75. The van der Waals surface area contributed by atoms with Crippen LogP contribution >= 0.6 is 28.1 Å². The number of benzene rings is 1. The predicted octanol–water partition coefficient (Wildman–Crippen LogP) is 3.56. The first kappa shape index (κ1) is 14.5. The second-order valence-electron chi connectivity index (χ2n) is 4.07. The molecule has 0 saturated heterocycles. The van der Waals surface area contributed by atoms with E-state index in [2.05, 4.69) is 57.3 Å². The summed E-state index contributed by atoms with van der Waals surface area (Å²) in [6.07, 6.45) is 2.35. The fraction of sp³-hybridized carbons (Fsp3) is 0.462. The molecule has 0 aliphatic carbocycles. The summed E-state index contributed by atoms with van der Waals surface area (Å²) < 4.78 is 1.10. The lowest BCUT2D eigenvalue weighted by molar-refractivity contribution is 0.487. The van der Waals surface area contributed by atoms with E-state index in [4.69, 9.17) is 12.2 Å². The van der Waals surface area contributed by atoms with Crippen molar-refractivity contribution in [2.45, 2.75) is 26.3 Å². The van der Waals surface area contributed by atoms with Crippen molar-refractivity contribution >= 4 is 33.3 Å². The summed E-state index contributed by atoms with van der Waals surface area (Å²) in [5.41, 5.74) is 1.26. The average Bonchev–Trinajstić information content (AvgIpc) is 2.32. The molecule has 0 fully saturated rings. The van der Waals surface area contributed by atoms with Crippen molar-refractivity contribution in [1.82, 2.24) is 10.2 Å². The molecule has 0 radical (unpaired) electrons. The van der Waals surface area contributed by atoms with Gasteiger partial charge in [-0.25, -0.2) is 0 Å². The van der Waals surface area contributed by atoms with Crippen molar-refractivity contribution in [1.29, 1.82) is 0 Å². The van der Waals surface area contributed by atoms with Gasteiger partial charge < -0.3 is 10.2 Å². The zero-order valence-electron chi connectivity index (χ0n) is 10.4. The fourth-order valence-electron chi connectivity index (χ4n) is 1.44. The summed E-state index contributed by atoms with van der Waals surface area (Å²) in [4.78, 5) is 2.06. The quantitative estimate of drug-likeness (QED) is 0.661. The zero-order valence-corrected chi connectivity index (χ0v) is 12.8. The van der Waals surface area contributed by atoms with Crippen molar-refractivity contribution in [3.05, 3.63) is 34.3 Å².